The van der Waals surface area contributed by atoms with Crippen LogP contribution in [0.1, 0.15) is 0 Å². The number of benzene rings is 1. The van der Waals surface area contributed by atoms with Crippen LogP contribution in [0.15, 0.2) is 51.9 Å². The molecule has 0 unspecified atom stereocenters. The van der Waals surface area contributed by atoms with E-state index in [4.69, 9.17) is 4.42 Å². The van der Waals surface area contributed by atoms with Crippen molar-refractivity contribution in [2.45, 2.75) is 0 Å². The van der Waals surface area contributed by atoms with Crippen molar-refractivity contribution in [2.24, 2.45) is 0 Å². The Kier molecular flexibility index (Phi) is 1.31. The molecule has 3 nitrogen and oxygen atoms in total. The summed E-state index contributed by atoms with van der Waals surface area (Å²) < 4.78 is 7.02. The first kappa shape index (κ1) is 7.38. The van der Waals surface area contributed by atoms with E-state index in [0.717, 1.165) is 11.2 Å². The Morgan fingerprint density at radius 3 is 2.86 bits per heavy atom. The molecule has 0 amide bonds. The van der Waals surface area contributed by atoms with Crippen LogP contribution in [-0.2, 0) is 0 Å². The molecule has 0 radical (unpaired) electrons. The van der Waals surface area contributed by atoms with E-state index >= 15 is 0 Å². The minimum Gasteiger partial charge on any atom is -0.461 e. The second-order valence-electron chi connectivity index (χ2n) is 3.14. The molecule has 0 spiro atoms. The van der Waals surface area contributed by atoms with Crippen LogP contribution in [0.2, 0.25) is 0 Å². The molecule has 1 aromatic carbocycles. The highest BCUT2D eigenvalue weighted by Gasteiger charge is 2.08. The van der Waals surface area contributed by atoms with Gasteiger partial charge in [0, 0.05) is 6.07 Å². The summed E-state index contributed by atoms with van der Waals surface area (Å²) in [5, 5.41) is 0. The summed E-state index contributed by atoms with van der Waals surface area (Å²) in [5.41, 5.74) is 2.29. The van der Waals surface area contributed by atoms with Gasteiger partial charge in [0.15, 0.2) is 5.58 Å². The number of para-hydroxylation sites is 2. The van der Waals surface area contributed by atoms with Gasteiger partial charge in [0.1, 0.15) is 6.26 Å². The molecule has 0 saturated heterocycles. The van der Waals surface area contributed by atoms with Gasteiger partial charge in [-0.3, -0.25) is 9.36 Å². The van der Waals surface area contributed by atoms with Crippen molar-refractivity contribution in [1.29, 1.82) is 0 Å². The number of hydrogen-bond acceptors (Lipinski definition) is 2. The van der Waals surface area contributed by atoms with E-state index in [2.05, 4.69) is 0 Å². The van der Waals surface area contributed by atoms with Crippen LogP contribution in [0.25, 0.3) is 16.8 Å². The third-order valence-corrected chi connectivity index (χ3v) is 2.29. The summed E-state index contributed by atoms with van der Waals surface area (Å²) in [6, 6.07) is 10.8. The Labute approximate surface area is 79.5 Å². The Morgan fingerprint density at radius 2 is 1.93 bits per heavy atom. The summed E-state index contributed by atoms with van der Waals surface area (Å²) in [6.45, 7) is 0. The van der Waals surface area contributed by atoms with Gasteiger partial charge in [0.05, 0.1) is 11.2 Å². The van der Waals surface area contributed by atoms with Gasteiger partial charge in [-0.25, -0.2) is 0 Å². The van der Waals surface area contributed by atoms with Gasteiger partial charge < -0.3 is 4.42 Å². The van der Waals surface area contributed by atoms with Crippen molar-refractivity contribution < 1.29 is 4.42 Å². The van der Waals surface area contributed by atoms with Gasteiger partial charge >= 0.3 is 0 Å². The van der Waals surface area contributed by atoms with E-state index in [-0.39, 0.29) is 5.56 Å². The normalized spacial score (nSPS) is 11.1. The number of aromatic nitrogens is 1. The predicted octanol–water partition coefficient (Wildman–Crippen LogP) is 2.02. The lowest BCUT2D eigenvalue weighted by Gasteiger charge is -2.05. The second kappa shape index (κ2) is 2.48. The maximum absolute atomic E-state index is 11.5. The molecule has 0 aliphatic carbocycles. The molecule has 0 N–H and O–H groups in total. The maximum Gasteiger partial charge on any atom is 0.255 e. The van der Waals surface area contributed by atoms with Crippen molar-refractivity contribution in [3.05, 3.63) is 53.0 Å². The third-order valence-electron chi connectivity index (χ3n) is 2.29. The minimum atomic E-state index is -0.0213. The van der Waals surface area contributed by atoms with E-state index in [1.807, 2.05) is 24.3 Å². The molecule has 68 valence electrons. The maximum atomic E-state index is 11.5. The summed E-state index contributed by atoms with van der Waals surface area (Å²) in [4.78, 5) is 11.5. The number of nitrogens with zero attached hydrogens (tertiary/aromatic N) is 1. The molecule has 0 bridgehead atoms. The molecule has 3 rings (SSSR count). The van der Waals surface area contributed by atoms with Crippen molar-refractivity contribution in [3.63, 3.8) is 0 Å². The Balaban J connectivity index is 2.64. The smallest absolute Gasteiger partial charge is 0.255 e. The summed E-state index contributed by atoms with van der Waals surface area (Å²) >= 11 is 0. The zero-order valence-electron chi connectivity index (χ0n) is 7.31. The van der Waals surface area contributed by atoms with Crippen molar-refractivity contribution >= 4 is 11.1 Å². The van der Waals surface area contributed by atoms with Gasteiger partial charge in [-0.1, -0.05) is 12.1 Å². The number of hydrogen-bond donors (Lipinski definition) is 0. The molecule has 1 aromatic rings. The standard InChI is InChI=1S/C11H7NO2/c13-11-6-5-8-7-14-10-4-2-1-3-9(10)12(8)11/h1-7H. The molecule has 2 heterocycles. The van der Waals surface area contributed by atoms with Crippen molar-refractivity contribution in [1.82, 2.24) is 4.57 Å². The highest BCUT2D eigenvalue weighted by Crippen LogP contribution is 2.18. The van der Waals surface area contributed by atoms with Crippen LogP contribution in [-0.4, -0.2) is 4.57 Å². The highest BCUT2D eigenvalue weighted by atomic mass is 16.3. The summed E-state index contributed by atoms with van der Waals surface area (Å²) in [5.74, 6) is 0. The lowest BCUT2D eigenvalue weighted by Crippen LogP contribution is -2.11. The van der Waals surface area contributed by atoms with Gasteiger partial charge in [-0.15, -0.1) is 0 Å². The fourth-order valence-corrected chi connectivity index (χ4v) is 1.65. The van der Waals surface area contributed by atoms with E-state index in [0.29, 0.717) is 5.58 Å². The van der Waals surface area contributed by atoms with Crippen LogP contribution >= 0.6 is 0 Å². The Morgan fingerprint density at radius 1 is 1.07 bits per heavy atom. The first-order valence-electron chi connectivity index (χ1n) is 4.34. The second-order valence-corrected chi connectivity index (χ2v) is 3.14. The predicted molar refractivity (Wildman–Crippen MR) is 53.0 cm³/mol. The van der Waals surface area contributed by atoms with Crippen molar-refractivity contribution in [3.8, 4) is 5.69 Å². The van der Waals surface area contributed by atoms with Crippen LogP contribution in [0.4, 0.5) is 0 Å². The fourth-order valence-electron chi connectivity index (χ4n) is 1.65. The lowest BCUT2D eigenvalue weighted by atomic mass is 10.3. The molecule has 0 saturated carbocycles. The van der Waals surface area contributed by atoms with Crippen LogP contribution in [0.3, 0.4) is 0 Å². The molecular formula is C11H7NO2. The van der Waals surface area contributed by atoms with E-state index in [1.54, 1.807) is 16.9 Å². The molecule has 2 aliphatic rings. The highest BCUT2D eigenvalue weighted by molar-refractivity contribution is 5.75. The molecular weight excluding hydrogens is 178 g/mol. The molecule has 2 aliphatic heterocycles. The molecule has 3 heteroatoms. The van der Waals surface area contributed by atoms with Crippen LogP contribution in [0.5, 0.6) is 0 Å². The van der Waals surface area contributed by atoms with Crippen molar-refractivity contribution in [2.75, 3.05) is 0 Å². The Hall–Kier alpha value is -2.03. The molecule has 0 atom stereocenters. The average Bonchev–Trinajstić information content (AvgIpc) is 2.61. The SMILES string of the molecule is O=c1ccc2coc3ccccc3n1-2. The van der Waals surface area contributed by atoms with Gasteiger partial charge in [0.2, 0.25) is 0 Å². The minimum absolute atomic E-state index is 0.0213. The van der Waals surface area contributed by atoms with E-state index in [1.165, 1.54) is 6.07 Å². The van der Waals surface area contributed by atoms with Crippen LogP contribution < -0.4 is 5.56 Å². The first-order chi connectivity index (χ1) is 6.86. The largest absolute Gasteiger partial charge is 0.461 e. The van der Waals surface area contributed by atoms with Gasteiger partial charge in [-0.2, -0.15) is 0 Å². The third kappa shape index (κ3) is 0.836. The lowest BCUT2D eigenvalue weighted by molar-refractivity contribution is 0.592. The van der Waals surface area contributed by atoms with Crippen LogP contribution in [0, 0.1) is 0 Å². The zero-order chi connectivity index (χ0) is 9.54. The van der Waals surface area contributed by atoms with Gasteiger partial charge in [0.25, 0.3) is 5.56 Å². The van der Waals surface area contributed by atoms with E-state index in [9.17, 15) is 4.79 Å². The average molecular weight is 185 g/mol. The Bertz CT molecular complexity index is 621. The first-order valence-corrected chi connectivity index (χ1v) is 4.34. The van der Waals surface area contributed by atoms with Gasteiger partial charge in [-0.05, 0) is 18.2 Å². The van der Waals surface area contributed by atoms with E-state index < -0.39 is 0 Å². The molecule has 0 fully saturated rings. The topological polar surface area (TPSA) is 35.1 Å². The monoisotopic (exact) mass is 185 g/mol. The molecule has 14 heavy (non-hydrogen) atoms. The number of fused-ring (bicyclic) bond motifs is 3. The fraction of sp³-hybridized carbons (Fsp3) is 0. The quantitative estimate of drug-likeness (QED) is 0.537. The molecule has 0 aromatic heterocycles. The zero-order valence-corrected chi connectivity index (χ0v) is 7.31. The summed E-state index contributed by atoms with van der Waals surface area (Å²) in [7, 11) is 0. The summed E-state index contributed by atoms with van der Waals surface area (Å²) in [6.07, 6.45) is 1.59. The number of rotatable bonds is 0.